The van der Waals surface area contributed by atoms with Crippen molar-refractivity contribution in [3.8, 4) is 0 Å². The van der Waals surface area contributed by atoms with Crippen LogP contribution in [0.1, 0.15) is 61.3 Å². The molecule has 0 heterocycles. The molecule has 1 fully saturated rings. The second kappa shape index (κ2) is 14.1. The minimum absolute atomic E-state index is 0.000562. The lowest BCUT2D eigenvalue weighted by molar-refractivity contribution is -0.139. The molecule has 3 aromatic carbocycles. The van der Waals surface area contributed by atoms with E-state index in [1.807, 2.05) is 26.8 Å². The number of aryl methyl sites for hydroxylation is 3. The number of benzene rings is 3. The largest absolute Gasteiger partial charge is 0.352 e. The Morgan fingerprint density at radius 2 is 1.58 bits per heavy atom. The normalized spacial score (nSPS) is 14.7. The predicted octanol–water partition coefficient (Wildman–Crippen LogP) is 6.98. The Labute approximate surface area is 265 Å². The Morgan fingerprint density at radius 1 is 0.907 bits per heavy atom. The summed E-state index contributed by atoms with van der Waals surface area (Å²) in [7, 11) is -4.14. The zero-order valence-electron chi connectivity index (χ0n) is 25.1. The first kappa shape index (κ1) is 32.8. The average molecular weight is 645 g/mol. The Kier molecular flexibility index (Phi) is 10.8. The highest BCUT2D eigenvalue weighted by molar-refractivity contribution is 7.92. The van der Waals surface area contributed by atoms with Crippen LogP contribution in [0, 0.1) is 20.8 Å². The fraction of sp³-hybridized carbons (Fsp3) is 0.394. The second-order valence-electron chi connectivity index (χ2n) is 11.4. The van der Waals surface area contributed by atoms with E-state index < -0.39 is 28.5 Å². The maximum absolute atomic E-state index is 14.2. The van der Waals surface area contributed by atoms with E-state index >= 15 is 0 Å². The Hall–Kier alpha value is -3.07. The predicted molar refractivity (Wildman–Crippen MR) is 173 cm³/mol. The standard InChI is InChI=1S/C33H39Cl2N3O4S/c1-22-10-16-30(17-11-22)43(41,42)38(29-15-12-23(2)24(3)18-29)21-32(39)37(20-26-13-14-27(34)19-31(26)35)25(4)33(40)36-28-8-6-5-7-9-28/h10-19,25,28H,5-9,20-21H2,1-4H3,(H,36,40)/t25-/m0/s1. The SMILES string of the molecule is Cc1ccc(S(=O)(=O)N(CC(=O)N(Cc2ccc(Cl)cc2Cl)[C@@H](C)C(=O)NC2CCCCC2)c2ccc(C)c(C)c2)cc1. The van der Waals surface area contributed by atoms with Crippen molar-refractivity contribution in [2.75, 3.05) is 10.8 Å². The van der Waals surface area contributed by atoms with Crippen molar-refractivity contribution in [1.82, 2.24) is 10.2 Å². The Balaban J connectivity index is 1.71. The summed E-state index contributed by atoms with van der Waals surface area (Å²) < 4.78 is 29.2. The molecule has 10 heteroatoms. The third-order valence-electron chi connectivity index (χ3n) is 8.14. The van der Waals surface area contributed by atoms with E-state index in [1.54, 1.807) is 49.4 Å². The average Bonchev–Trinajstić information content (AvgIpc) is 2.97. The Morgan fingerprint density at radius 3 is 2.21 bits per heavy atom. The van der Waals surface area contributed by atoms with Gasteiger partial charge in [-0.3, -0.25) is 13.9 Å². The van der Waals surface area contributed by atoms with Crippen molar-refractivity contribution in [3.63, 3.8) is 0 Å². The number of amides is 2. The van der Waals surface area contributed by atoms with E-state index in [-0.39, 0.29) is 23.4 Å². The van der Waals surface area contributed by atoms with E-state index in [0.717, 1.165) is 53.1 Å². The summed E-state index contributed by atoms with van der Waals surface area (Å²) in [6.07, 6.45) is 5.02. The minimum Gasteiger partial charge on any atom is -0.352 e. The van der Waals surface area contributed by atoms with Crippen molar-refractivity contribution < 1.29 is 18.0 Å². The zero-order valence-corrected chi connectivity index (χ0v) is 27.4. The molecule has 7 nitrogen and oxygen atoms in total. The van der Waals surface area contributed by atoms with Gasteiger partial charge < -0.3 is 10.2 Å². The molecule has 1 saturated carbocycles. The fourth-order valence-corrected chi connectivity index (χ4v) is 7.11. The van der Waals surface area contributed by atoms with E-state index in [1.165, 1.54) is 17.0 Å². The third kappa shape index (κ3) is 8.11. The summed E-state index contributed by atoms with van der Waals surface area (Å²) >= 11 is 12.6. The van der Waals surface area contributed by atoms with Gasteiger partial charge in [-0.15, -0.1) is 0 Å². The lowest BCUT2D eigenvalue weighted by Gasteiger charge is -2.33. The fourth-order valence-electron chi connectivity index (χ4n) is 5.23. The van der Waals surface area contributed by atoms with Crippen LogP contribution in [0.3, 0.4) is 0 Å². The zero-order chi connectivity index (χ0) is 31.3. The summed E-state index contributed by atoms with van der Waals surface area (Å²) in [5.74, 6) is -0.823. The van der Waals surface area contributed by atoms with E-state index in [4.69, 9.17) is 23.2 Å². The molecule has 3 aromatic rings. The van der Waals surface area contributed by atoms with E-state index in [9.17, 15) is 18.0 Å². The molecule has 0 unspecified atom stereocenters. The molecule has 0 aliphatic heterocycles. The van der Waals surface area contributed by atoms with Crippen LogP contribution in [0.5, 0.6) is 0 Å². The summed E-state index contributed by atoms with van der Waals surface area (Å²) in [5, 5.41) is 3.90. The van der Waals surface area contributed by atoms with Crippen LogP contribution in [0.4, 0.5) is 5.69 Å². The Bertz CT molecular complexity index is 1570. The van der Waals surface area contributed by atoms with Gasteiger partial charge in [-0.25, -0.2) is 8.42 Å². The van der Waals surface area contributed by atoms with Gasteiger partial charge in [-0.1, -0.05) is 72.3 Å². The highest BCUT2D eigenvalue weighted by atomic mass is 35.5. The summed E-state index contributed by atoms with van der Waals surface area (Å²) in [6.45, 7) is 6.86. The highest BCUT2D eigenvalue weighted by Crippen LogP contribution is 2.28. The summed E-state index contributed by atoms with van der Waals surface area (Å²) in [4.78, 5) is 29.1. The molecule has 0 aromatic heterocycles. The van der Waals surface area contributed by atoms with E-state index in [0.29, 0.717) is 21.3 Å². The first-order chi connectivity index (χ1) is 20.4. The van der Waals surface area contributed by atoms with Crippen LogP contribution in [0.15, 0.2) is 65.6 Å². The second-order valence-corrected chi connectivity index (χ2v) is 14.1. The third-order valence-corrected chi connectivity index (χ3v) is 10.5. The molecule has 43 heavy (non-hydrogen) atoms. The van der Waals surface area contributed by atoms with Crippen LogP contribution in [-0.4, -0.2) is 43.8 Å². The van der Waals surface area contributed by atoms with Gasteiger partial charge in [-0.05, 0) is 93.6 Å². The number of anilines is 1. The maximum Gasteiger partial charge on any atom is 0.264 e. The van der Waals surface area contributed by atoms with Gasteiger partial charge in [0.1, 0.15) is 12.6 Å². The molecule has 230 valence electrons. The molecule has 0 radical (unpaired) electrons. The number of hydrogen-bond acceptors (Lipinski definition) is 4. The summed E-state index contributed by atoms with van der Waals surface area (Å²) in [6, 6.07) is 15.9. The summed E-state index contributed by atoms with van der Waals surface area (Å²) in [5.41, 5.74) is 3.75. The van der Waals surface area contributed by atoms with Crippen LogP contribution in [-0.2, 0) is 26.2 Å². The molecule has 1 aliphatic carbocycles. The number of rotatable bonds is 10. The van der Waals surface area contributed by atoms with Crippen LogP contribution >= 0.6 is 23.2 Å². The number of nitrogens with zero attached hydrogens (tertiary/aromatic N) is 2. The molecule has 0 saturated heterocycles. The number of carbonyl (C=O) groups is 2. The van der Waals surface area contributed by atoms with Gasteiger partial charge in [0, 0.05) is 22.6 Å². The first-order valence-corrected chi connectivity index (χ1v) is 16.8. The van der Waals surface area contributed by atoms with Gasteiger partial charge >= 0.3 is 0 Å². The molecular formula is C33H39Cl2N3O4S. The van der Waals surface area contributed by atoms with Gasteiger partial charge in [0.05, 0.1) is 10.6 Å². The van der Waals surface area contributed by atoms with Gasteiger partial charge in [0.15, 0.2) is 0 Å². The number of carbonyl (C=O) groups excluding carboxylic acids is 2. The maximum atomic E-state index is 14.2. The van der Waals surface area contributed by atoms with Gasteiger partial charge in [0.25, 0.3) is 10.0 Å². The number of sulfonamides is 1. The quantitative estimate of drug-likeness (QED) is 0.258. The molecule has 2 amide bonds. The van der Waals surface area contributed by atoms with Gasteiger partial charge in [0.2, 0.25) is 11.8 Å². The minimum atomic E-state index is -4.14. The lowest BCUT2D eigenvalue weighted by Crippen LogP contribution is -2.53. The number of hydrogen-bond donors (Lipinski definition) is 1. The van der Waals surface area contributed by atoms with Crippen LogP contribution in [0.25, 0.3) is 0 Å². The molecular weight excluding hydrogens is 605 g/mol. The van der Waals surface area contributed by atoms with Crippen LogP contribution < -0.4 is 9.62 Å². The highest BCUT2D eigenvalue weighted by Gasteiger charge is 2.33. The molecule has 0 bridgehead atoms. The smallest absolute Gasteiger partial charge is 0.264 e. The topological polar surface area (TPSA) is 86.8 Å². The molecule has 0 spiro atoms. The number of nitrogens with one attached hydrogen (secondary N) is 1. The van der Waals surface area contributed by atoms with Crippen molar-refractivity contribution in [1.29, 1.82) is 0 Å². The molecule has 1 aliphatic rings. The van der Waals surface area contributed by atoms with Crippen molar-refractivity contribution in [2.24, 2.45) is 0 Å². The van der Waals surface area contributed by atoms with E-state index in [2.05, 4.69) is 5.32 Å². The monoisotopic (exact) mass is 643 g/mol. The van der Waals surface area contributed by atoms with Gasteiger partial charge in [-0.2, -0.15) is 0 Å². The molecule has 1 N–H and O–H groups in total. The van der Waals surface area contributed by atoms with Crippen LogP contribution in [0.2, 0.25) is 10.0 Å². The molecule has 1 atom stereocenters. The van der Waals surface area contributed by atoms with Crippen molar-refractivity contribution >= 4 is 50.7 Å². The van der Waals surface area contributed by atoms with Crippen molar-refractivity contribution in [3.05, 3.63) is 93.0 Å². The van der Waals surface area contributed by atoms with Crippen molar-refractivity contribution in [2.45, 2.75) is 83.3 Å². The number of halogens is 2. The lowest BCUT2D eigenvalue weighted by atomic mass is 9.95. The molecule has 4 rings (SSSR count). The first-order valence-electron chi connectivity index (χ1n) is 14.6.